The average molecular weight is 363 g/mol. The standard InChI is InChI=1S/C16H15ClN4O2S/c1-7-5-10-9(6-18-21-10)12(13(7)17)11-4-3-8-14(22)19-16(24-2)20-15(8)23-11/h5-6,11H,3-4H2,1-2H3,(H,18,21)(H,19,20,22). The van der Waals surface area contributed by atoms with Gasteiger partial charge in [0.25, 0.3) is 5.56 Å². The van der Waals surface area contributed by atoms with Crippen molar-refractivity contribution in [3.8, 4) is 5.88 Å². The Bertz CT molecular complexity index is 998. The summed E-state index contributed by atoms with van der Waals surface area (Å²) in [5, 5.41) is 9.24. The Morgan fingerprint density at radius 3 is 3.08 bits per heavy atom. The topological polar surface area (TPSA) is 83.7 Å². The van der Waals surface area contributed by atoms with Gasteiger partial charge in [0.1, 0.15) is 6.10 Å². The number of H-pyrrole nitrogens is 2. The van der Waals surface area contributed by atoms with E-state index in [1.807, 2.05) is 19.2 Å². The number of aromatic amines is 2. The number of benzene rings is 1. The largest absolute Gasteiger partial charge is 0.469 e. The lowest BCUT2D eigenvalue weighted by molar-refractivity contribution is 0.166. The Labute approximate surface area is 147 Å². The summed E-state index contributed by atoms with van der Waals surface area (Å²) in [4.78, 5) is 19.3. The first kappa shape index (κ1) is 15.5. The minimum atomic E-state index is -0.256. The number of aryl methyl sites for hydroxylation is 1. The Kier molecular flexibility index (Phi) is 3.77. The maximum atomic E-state index is 12.1. The average Bonchev–Trinajstić information content (AvgIpc) is 3.02. The van der Waals surface area contributed by atoms with Gasteiger partial charge in [-0.15, -0.1) is 0 Å². The zero-order valence-electron chi connectivity index (χ0n) is 13.1. The first-order valence-electron chi connectivity index (χ1n) is 7.54. The molecule has 8 heteroatoms. The zero-order valence-corrected chi connectivity index (χ0v) is 14.7. The molecule has 0 saturated carbocycles. The Morgan fingerprint density at radius 2 is 2.29 bits per heavy atom. The molecule has 0 saturated heterocycles. The number of aromatic nitrogens is 4. The number of ether oxygens (including phenoxy) is 1. The van der Waals surface area contributed by atoms with Crippen LogP contribution in [0, 0.1) is 6.92 Å². The number of nitrogens with zero attached hydrogens (tertiary/aromatic N) is 2. The molecule has 6 nitrogen and oxygen atoms in total. The first-order chi connectivity index (χ1) is 11.6. The summed E-state index contributed by atoms with van der Waals surface area (Å²) in [6.45, 7) is 1.96. The van der Waals surface area contributed by atoms with Crippen molar-refractivity contribution in [1.29, 1.82) is 0 Å². The van der Waals surface area contributed by atoms with E-state index in [-0.39, 0.29) is 11.7 Å². The fraction of sp³-hybridized carbons (Fsp3) is 0.312. The van der Waals surface area contributed by atoms with Gasteiger partial charge in [-0.25, -0.2) is 0 Å². The van der Waals surface area contributed by atoms with Gasteiger partial charge in [-0.3, -0.25) is 9.89 Å². The molecule has 3 aromatic rings. The molecular weight excluding hydrogens is 348 g/mol. The fourth-order valence-corrected chi connectivity index (χ4v) is 3.74. The highest BCUT2D eigenvalue weighted by Crippen LogP contribution is 2.40. The SMILES string of the molecule is CSc1nc2c(c(=O)[nH]1)CCC(c1c(Cl)c(C)cc3[nH]ncc13)O2. The lowest BCUT2D eigenvalue weighted by Gasteiger charge is -2.26. The Balaban J connectivity index is 1.83. The van der Waals surface area contributed by atoms with E-state index in [2.05, 4.69) is 20.2 Å². The van der Waals surface area contributed by atoms with Gasteiger partial charge in [0, 0.05) is 10.9 Å². The second kappa shape index (κ2) is 5.82. The van der Waals surface area contributed by atoms with Gasteiger partial charge in [-0.2, -0.15) is 10.1 Å². The third-order valence-corrected chi connectivity index (χ3v) is 5.37. The van der Waals surface area contributed by atoms with Crippen molar-refractivity contribution in [3.63, 3.8) is 0 Å². The van der Waals surface area contributed by atoms with Crippen LogP contribution >= 0.6 is 23.4 Å². The van der Waals surface area contributed by atoms with E-state index in [0.717, 1.165) is 22.0 Å². The summed E-state index contributed by atoms with van der Waals surface area (Å²) < 4.78 is 6.08. The highest BCUT2D eigenvalue weighted by molar-refractivity contribution is 7.98. The molecule has 1 aliphatic heterocycles. The number of fused-ring (bicyclic) bond motifs is 2. The zero-order chi connectivity index (χ0) is 16.8. The molecule has 2 N–H and O–H groups in total. The summed E-state index contributed by atoms with van der Waals surface area (Å²) >= 11 is 7.94. The molecule has 3 heterocycles. The van der Waals surface area contributed by atoms with Crippen LogP contribution in [-0.2, 0) is 6.42 Å². The van der Waals surface area contributed by atoms with Gasteiger partial charge in [0.2, 0.25) is 5.88 Å². The van der Waals surface area contributed by atoms with Crippen LogP contribution in [0.25, 0.3) is 10.9 Å². The minimum absolute atomic E-state index is 0.133. The van der Waals surface area contributed by atoms with Crippen LogP contribution in [0.5, 0.6) is 5.88 Å². The molecule has 1 aliphatic rings. The number of hydrogen-bond donors (Lipinski definition) is 2. The van der Waals surface area contributed by atoms with Crippen molar-refractivity contribution in [2.24, 2.45) is 0 Å². The van der Waals surface area contributed by atoms with E-state index in [4.69, 9.17) is 16.3 Å². The number of hydrogen-bond acceptors (Lipinski definition) is 5. The van der Waals surface area contributed by atoms with Gasteiger partial charge >= 0.3 is 0 Å². The van der Waals surface area contributed by atoms with Gasteiger partial charge in [0.05, 0.1) is 22.3 Å². The normalized spacial score (nSPS) is 16.9. The van der Waals surface area contributed by atoms with Crippen molar-refractivity contribution in [2.45, 2.75) is 31.0 Å². The molecule has 0 bridgehead atoms. The predicted molar refractivity (Wildman–Crippen MR) is 94.2 cm³/mol. The van der Waals surface area contributed by atoms with E-state index >= 15 is 0 Å². The predicted octanol–water partition coefficient (Wildman–Crippen LogP) is 3.40. The third-order valence-electron chi connectivity index (χ3n) is 4.28. The molecule has 1 unspecified atom stereocenters. The number of halogens is 1. The van der Waals surface area contributed by atoms with Crippen LogP contribution in [0.1, 0.15) is 29.2 Å². The molecule has 0 aliphatic carbocycles. The Hall–Kier alpha value is -1.99. The van der Waals surface area contributed by atoms with E-state index in [1.165, 1.54) is 11.8 Å². The molecule has 0 amide bonds. The second-order valence-corrected chi connectivity index (χ2v) is 6.93. The van der Waals surface area contributed by atoms with E-state index in [0.29, 0.717) is 34.5 Å². The maximum absolute atomic E-state index is 12.1. The van der Waals surface area contributed by atoms with E-state index in [1.54, 1.807) is 6.20 Å². The molecular formula is C16H15ClN4O2S. The lowest BCUT2D eigenvalue weighted by atomic mass is 9.95. The lowest BCUT2D eigenvalue weighted by Crippen LogP contribution is -2.25. The maximum Gasteiger partial charge on any atom is 0.258 e. The molecule has 2 aromatic heterocycles. The molecule has 0 spiro atoms. The highest BCUT2D eigenvalue weighted by Gasteiger charge is 2.29. The molecule has 1 atom stereocenters. The van der Waals surface area contributed by atoms with Gasteiger partial charge in [0.15, 0.2) is 5.16 Å². The highest BCUT2D eigenvalue weighted by atomic mass is 35.5. The fourth-order valence-electron chi connectivity index (χ4n) is 3.09. The summed E-state index contributed by atoms with van der Waals surface area (Å²) in [6.07, 6.45) is 4.62. The van der Waals surface area contributed by atoms with Gasteiger partial charge in [-0.05, 0) is 37.7 Å². The summed E-state index contributed by atoms with van der Waals surface area (Å²) in [5.74, 6) is 0.397. The summed E-state index contributed by atoms with van der Waals surface area (Å²) in [7, 11) is 0. The van der Waals surface area contributed by atoms with Crippen LogP contribution in [-0.4, -0.2) is 26.4 Å². The molecule has 124 valence electrons. The number of thioether (sulfide) groups is 1. The monoisotopic (exact) mass is 362 g/mol. The van der Waals surface area contributed by atoms with Crippen molar-refractivity contribution in [3.05, 3.63) is 44.3 Å². The molecule has 4 rings (SSSR count). The first-order valence-corrected chi connectivity index (χ1v) is 9.14. The molecule has 24 heavy (non-hydrogen) atoms. The quantitative estimate of drug-likeness (QED) is 0.539. The minimum Gasteiger partial charge on any atom is -0.469 e. The van der Waals surface area contributed by atoms with E-state index in [9.17, 15) is 4.79 Å². The van der Waals surface area contributed by atoms with Crippen LogP contribution in [0.4, 0.5) is 0 Å². The van der Waals surface area contributed by atoms with Crippen molar-refractivity contribution < 1.29 is 4.74 Å². The third kappa shape index (κ3) is 2.39. The van der Waals surface area contributed by atoms with E-state index < -0.39 is 0 Å². The molecule has 1 aromatic carbocycles. The van der Waals surface area contributed by atoms with Gasteiger partial charge < -0.3 is 9.72 Å². The van der Waals surface area contributed by atoms with Crippen molar-refractivity contribution >= 4 is 34.3 Å². The number of nitrogens with one attached hydrogen (secondary N) is 2. The molecule has 0 radical (unpaired) electrons. The van der Waals surface area contributed by atoms with Crippen LogP contribution in [0.15, 0.2) is 22.2 Å². The Morgan fingerprint density at radius 1 is 1.46 bits per heavy atom. The van der Waals surface area contributed by atoms with Crippen molar-refractivity contribution in [2.75, 3.05) is 6.26 Å². The van der Waals surface area contributed by atoms with Crippen LogP contribution in [0.3, 0.4) is 0 Å². The second-order valence-electron chi connectivity index (χ2n) is 5.76. The number of rotatable bonds is 2. The van der Waals surface area contributed by atoms with Crippen molar-refractivity contribution in [1.82, 2.24) is 20.2 Å². The summed E-state index contributed by atoms with van der Waals surface area (Å²) in [5.41, 5.74) is 3.24. The van der Waals surface area contributed by atoms with Gasteiger partial charge in [-0.1, -0.05) is 23.4 Å². The summed E-state index contributed by atoms with van der Waals surface area (Å²) in [6, 6.07) is 1.97. The smallest absolute Gasteiger partial charge is 0.258 e. The van der Waals surface area contributed by atoms with Crippen LogP contribution < -0.4 is 10.3 Å². The molecule has 0 fully saturated rings. The van der Waals surface area contributed by atoms with Crippen LogP contribution in [0.2, 0.25) is 5.02 Å².